The van der Waals surface area contributed by atoms with E-state index >= 15 is 0 Å². The molecule has 0 heterocycles. The smallest absolute Gasteiger partial charge is 0.266 e. The maximum Gasteiger partial charge on any atom is 0.266 e. The van der Waals surface area contributed by atoms with E-state index in [0.717, 1.165) is 5.56 Å². The molecule has 0 bridgehead atoms. The molecule has 0 saturated heterocycles. The maximum absolute atomic E-state index is 12.3. The van der Waals surface area contributed by atoms with Gasteiger partial charge in [0.1, 0.15) is 11.6 Å². The van der Waals surface area contributed by atoms with E-state index in [9.17, 15) is 15.2 Å². The number of phenolic OH excluding ortho intramolecular Hbond substituents is 1. The van der Waals surface area contributed by atoms with Crippen LogP contribution in [0.4, 0.5) is 5.69 Å². The van der Waals surface area contributed by atoms with E-state index in [2.05, 4.69) is 5.32 Å². The largest absolute Gasteiger partial charge is 0.504 e. The Balaban J connectivity index is 2.31. The summed E-state index contributed by atoms with van der Waals surface area (Å²) < 4.78 is 5.01. The number of carbonyl (C=O) groups is 1. The van der Waals surface area contributed by atoms with Gasteiger partial charge in [0.25, 0.3) is 5.91 Å². The first-order valence-electron chi connectivity index (χ1n) is 6.91. The lowest BCUT2D eigenvalue weighted by Gasteiger charge is -2.08. The van der Waals surface area contributed by atoms with Gasteiger partial charge in [0.2, 0.25) is 0 Å². The van der Waals surface area contributed by atoms with Crippen molar-refractivity contribution in [2.24, 2.45) is 0 Å². The van der Waals surface area contributed by atoms with Gasteiger partial charge in [0.05, 0.1) is 7.11 Å². The summed E-state index contributed by atoms with van der Waals surface area (Å²) in [7, 11) is 1.43. The Morgan fingerprint density at radius 2 is 2.00 bits per heavy atom. The number of para-hydroxylation sites is 2. The molecular weight excluding hydrogens is 292 g/mol. The van der Waals surface area contributed by atoms with Gasteiger partial charge in [-0.3, -0.25) is 4.79 Å². The molecule has 0 aliphatic rings. The average molecular weight is 308 g/mol. The minimum Gasteiger partial charge on any atom is -0.504 e. The van der Waals surface area contributed by atoms with E-state index in [-0.39, 0.29) is 17.1 Å². The third-order valence-corrected chi connectivity index (χ3v) is 3.31. The first kappa shape index (κ1) is 16.1. The number of hydrogen-bond donors (Lipinski definition) is 2. The molecule has 5 nitrogen and oxygen atoms in total. The molecule has 0 aromatic heterocycles. The number of ether oxygens (including phenoxy) is 1. The molecule has 2 N–H and O–H groups in total. The molecule has 0 saturated carbocycles. The number of phenols is 1. The van der Waals surface area contributed by atoms with Gasteiger partial charge >= 0.3 is 0 Å². The van der Waals surface area contributed by atoms with Gasteiger partial charge in [0.15, 0.2) is 11.5 Å². The number of carbonyl (C=O) groups excluding carboxylic acids is 1. The number of rotatable bonds is 4. The van der Waals surface area contributed by atoms with Crippen LogP contribution in [0.25, 0.3) is 6.08 Å². The highest BCUT2D eigenvalue weighted by Gasteiger charge is 2.13. The molecule has 0 radical (unpaired) electrons. The van der Waals surface area contributed by atoms with Crippen molar-refractivity contribution in [3.63, 3.8) is 0 Å². The molecule has 0 atom stereocenters. The number of nitrogens with one attached hydrogen (secondary N) is 1. The zero-order valence-electron chi connectivity index (χ0n) is 12.8. The Morgan fingerprint density at radius 1 is 1.26 bits per heavy atom. The van der Waals surface area contributed by atoms with Gasteiger partial charge in [-0.2, -0.15) is 5.26 Å². The van der Waals surface area contributed by atoms with Crippen LogP contribution in [-0.4, -0.2) is 18.1 Å². The summed E-state index contributed by atoms with van der Waals surface area (Å²) in [5.41, 5.74) is 1.74. The Bertz CT molecular complexity index is 804. The number of methoxy groups -OCH3 is 1. The minimum atomic E-state index is -0.538. The van der Waals surface area contributed by atoms with Crippen molar-refractivity contribution < 1.29 is 14.6 Å². The van der Waals surface area contributed by atoms with Crippen LogP contribution in [0.3, 0.4) is 0 Å². The number of nitrogens with zero attached hydrogens (tertiary/aromatic N) is 1. The number of aromatic hydroxyl groups is 1. The minimum absolute atomic E-state index is 0.114. The SMILES string of the molecule is COc1cccc(/C=C(\C#N)C(=O)Nc2ccccc2C)c1O. The quantitative estimate of drug-likeness (QED) is 0.671. The summed E-state index contributed by atoms with van der Waals surface area (Å²) >= 11 is 0. The van der Waals surface area contributed by atoms with Crippen molar-refractivity contribution >= 4 is 17.7 Å². The van der Waals surface area contributed by atoms with Crippen LogP contribution in [0.1, 0.15) is 11.1 Å². The number of anilines is 1. The highest BCUT2D eigenvalue weighted by atomic mass is 16.5. The number of nitriles is 1. The molecule has 116 valence electrons. The Kier molecular flexibility index (Phi) is 5.00. The van der Waals surface area contributed by atoms with Gasteiger partial charge in [-0.15, -0.1) is 0 Å². The topological polar surface area (TPSA) is 82.3 Å². The number of amides is 1. The zero-order valence-corrected chi connectivity index (χ0v) is 12.8. The van der Waals surface area contributed by atoms with Crippen LogP contribution in [0.2, 0.25) is 0 Å². The van der Waals surface area contributed by atoms with E-state index in [1.165, 1.54) is 13.2 Å². The van der Waals surface area contributed by atoms with Crippen LogP contribution in [0, 0.1) is 18.3 Å². The Morgan fingerprint density at radius 3 is 2.65 bits per heavy atom. The third kappa shape index (κ3) is 3.69. The Hall–Kier alpha value is -3.26. The van der Waals surface area contributed by atoms with Crippen molar-refractivity contribution in [2.45, 2.75) is 6.92 Å². The monoisotopic (exact) mass is 308 g/mol. The normalized spacial score (nSPS) is 10.7. The number of hydrogen-bond acceptors (Lipinski definition) is 4. The number of aryl methyl sites for hydroxylation is 1. The summed E-state index contributed by atoms with van der Waals surface area (Å²) in [5, 5.41) is 22.0. The lowest BCUT2D eigenvalue weighted by atomic mass is 10.1. The predicted octanol–water partition coefficient (Wildman–Crippen LogP) is 3.25. The second kappa shape index (κ2) is 7.14. The van der Waals surface area contributed by atoms with Gasteiger partial charge < -0.3 is 15.2 Å². The van der Waals surface area contributed by atoms with Crippen molar-refractivity contribution in [3.05, 3.63) is 59.2 Å². The molecule has 0 unspecified atom stereocenters. The summed E-state index contributed by atoms with van der Waals surface area (Å²) in [4.78, 5) is 12.3. The highest BCUT2D eigenvalue weighted by Crippen LogP contribution is 2.31. The highest BCUT2D eigenvalue weighted by molar-refractivity contribution is 6.10. The molecule has 5 heteroatoms. The first-order valence-corrected chi connectivity index (χ1v) is 6.91. The molecule has 0 aliphatic carbocycles. The van der Waals surface area contributed by atoms with E-state index in [4.69, 9.17) is 4.74 Å². The standard InChI is InChI=1S/C18H16N2O3/c1-12-6-3-4-8-15(12)20-18(22)14(11-19)10-13-7-5-9-16(23-2)17(13)21/h3-10,21H,1-2H3,(H,20,22)/b14-10+. The Labute approximate surface area is 134 Å². The summed E-state index contributed by atoms with van der Waals surface area (Å²) in [6, 6.07) is 14.0. The van der Waals surface area contributed by atoms with Crippen molar-refractivity contribution in [2.75, 3.05) is 12.4 Å². The van der Waals surface area contributed by atoms with E-state index in [0.29, 0.717) is 11.3 Å². The fourth-order valence-electron chi connectivity index (χ4n) is 2.03. The molecule has 0 spiro atoms. The van der Waals surface area contributed by atoms with Gasteiger partial charge in [0, 0.05) is 11.3 Å². The molecule has 23 heavy (non-hydrogen) atoms. The van der Waals surface area contributed by atoms with Crippen LogP contribution >= 0.6 is 0 Å². The van der Waals surface area contributed by atoms with Crippen molar-refractivity contribution in [3.8, 4) is 17.6 Å². The lowest BCUT2D eigenvalue weighted by Crippen LogP contribution is -2.14. The molecular formula is C18H16N2O3. The van der Waals surface area contributed by atoms with E-state index in [1.807, 2.05) is 25.1 Å². The third-order valence-electron chi connectivity index (χ3n) is 3.31. The van der Waals surface area contributed by atoms with Crippen LogP contribution < -0.4 is 10.1 Å². The van der Waals surface area contributed by atoms with Crippen molar-refractivity contribution in [1.29, 1.82) is 5.26 Å². The average Bonchev–Trinajstić information content (AvgIpc) is 2.56. The predicted molar refractivity (Wildman–Crippen MR) is 88.1 cm³/mol. The second-order valence-electron chi connectivity index (χ2n) is 4.84. The van der Waals surface area contributed by atoms with E-state index in [1.54, 1.807) is 30.3 Å². The molecule has 2 aromatic carbocycles. The fraction of sp³-hybridized carbons (Fsp3) is 0.111. The molecule has 2 rings (SSSR count). The van der Waals surface area contributed by atoms with Crippen LogP contribution in [-0.2, 0) is 4.79 Å². The van der Waals surface area contributed by atoms with Crippen LogP contribution in [0.5, 0.6) is 11.5 Å². The van der Waals surface area contributed by atoms with Gasteiger partial charge in [-0.1, -0.05) is 30.3 Å². The molecule has 2 aromatic rings. The van der Waals surface area contributed by atoms with E-state index < -0.39 is 5.91 Å². The zero-order chi connectivity index (χ0) is 16.8. The van der Waals surface area contributed by atoms with Gasteiger partial charge in [-0.25, -0.2) is 0 Å². The molecule has 0 aliphatic heterocycles. The van der Waals surface area contributed by atoms with Crippen molar-refractivity contribution in [1.82, 2.24) is 0 Å². The first-order chi connectivity index (χ1) is 11.1. The molecule has 0 fully saturated rings. The maximum atomic E-state index is 12.3. The number of benzene rings is 2. The fourth-order valence-corrected chi connectivity index (χ4v) is 2.03. The lowest BCUT2D eigenvalue weighted by molar-refractivity contribution is -0.112. The summed E-state index contributed by atoms with van der Waals surface area (Å²) in [5.74, 6) is -0.384. The second-order valence-corrected chi connectivity index (χ2v) is 4.84. The van der Waals surface area contributed by atoms with Crippen LogP contribution in [0.15, 0.2) is 48.0 Å². The summed E-state index contributed by atoms with van der Waals surface area (Å²) in [6.45, 7) is 1.86. The van der Waals surface area contributed by atoms with Gasteiger partial charge in [-0.05, 0) is 30.7 Å². The summed E-state index contributed by atoms with van der Waals surface area (Å²) in [6.07, 6.45) is 1.32. The molecule has 1 amide bonds.